The van der Waals surface area contributed by atoms with Gasteiger partial charge in [-0.25, -0.2) is 8.78 Å². The van der Waals surface area contributed by atoms with Crippen molar-refractivity contribution in [2.24, 2.45) is 0 Å². The van der Waals surface area contributed by atoms with Crippen LogP contribution in [-0.4, -0.2) is 18.8 Å². The van der Waals surface area contributed by atoms with Crippen LogP contribution in [0.2, 0.25) is 0 Å². The molecule has 1 rings (SSSR count). The highest BCUT2D eigenvalue weighted by Crippen LogP contribution is 2.23. The maximum absolute atomic E-state index is 13.4. The molecule has 0 heterocycles. The Kier molecular flexibility index (Phi) is 3.59. The smallest absolute Gasteiger partial charge is 0.175 e. The molecule has 0 saturated carbocycles. The van der Waals surface area contributed by atoms with E-state index in [4.69, 9.17) is 5.11 Å². The molecule has 0 atom stereocenters. The van der Waals surface area contributed by atoms with Crippen molar-refractivity contribution in [1.82, 2.24) is 0 Å². The van der Waals surface area contributed by atoms with E-state index in [2.05, 4.69) is 4.74 Å². The zero-order valence-electron chi connectivity index (χ0n) is 7.63. The largest absolute Gasteiger partial charge is 0.494 e. The number of rotatable bonds is 3. The molecule has 14 heavy (non-hydrogen) atoms. The molecule has 1 aromatic rings. The summed E-state index contributed by atoms with van der Waals surface area (Å²) >= 11 is 0. The van der Waals surface area contributed by atoms with Gasteiger partial charge in [0.25, 0.3) is 0 Å². The van der Waals surface area contributed by atoms with Crippen molar-refractivity contribution in [1.29, 1.82) is 0 Å². The Hall–Kier alpha value is -1.42. The monoisotopic (exact) mass is 200 g/mol. The number of aliphatic hydroxyl groups is 1. The molecule has 0 unspecified atom stereocenters. The van der Waals surface area contributed by atoms with Crippen LogP contribution in [0.4, 0.5) is 8.78 Å². The minimum absolute atomic E-state index is 0.0241. The summed E-state index contributed by atoms with van der Waals surface area (Å²) in [5.74, 6) is -1.48. The van der Waals surface area contributed by atoms with Crippen LogP contribution in [0.25, 0.3) is 6.08 Å². The zero-order valence-corrected chi connectivity index (χ0v) is 7.63. The quantitative estimate of drug-likeness (QED) is 0.808. The zero-order chi connectivity index (χ0) is 10.6. The normalized spacial score (nSPS) is 10.9. The second-order valence-corrected chi connectivity index (χ2v) is 2.56. The van der Waals surface area contributed by atoms with Crippen LogP contribution in [0.15, 0.2) is 18.2 Å². The number of hydrogen-bond donors (Lipinski definition) is 1. The van der Waals surface area contributed by atoms with Gasteiger partial charge in [-0.1, -0.05) is 12.2 Å². The highest BCUT2D eigenvalue weighted by Gasteiger charge is 2.10. The first-order chi connectivity index (χ1) is 6.70. The maximum Gasteiger partial charge on any atom is 0.175 e. The summed E-state index contributed by atoms with van der Waals surface area (Å²) in [6.07, 6.45) is 2.42. The number of hydrogen-bond acceptors (Lipinski definition) is 2. The van der Waals surface area contributed by atoms with E-state index < -0.39 is 11.6 Å². The van der Waals surface area contributed by atoms with Gasteiger partial charge < -0.3 is 9.84 Å². The van der Waals surface area contributed by atoms with Crippen LogP contribution in [0.3, 0.4) is 0 Å². The van der Waals surface area contributed by atoms with Crippen molar-refractivity contribution in [3.63, 3.8) is 0 Å². The van der Waals surface area contributed by atoms with Crippen molar-refractivity contribution in [2.75, 3.05) is 13.7 Å². The lowest BCUT2D eigenvalue weighted by Gasteiger charge is -2.04. The molecule has 0 bridgehead atoms. The predicted octanol–water partition coefficient (Wildman–Crippen LogP) is 1.98. The number of ether oxygens (including phenoxy) is 1. The van der Waals surface area contributed by atoms with Crippen molar-refractivity contribution in [2.45, 2.75) is 0 Å². The first-order valence-electron chi connectivity index (χ1n) is 4.00. The first kappa shape index (κ1) is 10.7. The average Bonchev–Trinajstić information content (AvgIpc) is 2.18. The average molecular weight is 200 g/mol. The van der Waals surface area contributed by atoms with Crippen LogP contribution in [0, 0.1) is 11.6 Å². The van der Waals surface area contributed by atoms with E-state index >= 15 is 0 Å². The van der Waals surface area contributed by atoms with Crippen molar-refractivity contribution in [3.05, 3.63) is 35.4 Å². The van der Waals surface area contributed by atoms with Gasteiger partial charge in [0.05, 0.1) is 13.7 Å². The predicted molar refractivity (Wildman–Crippen MR) is 49.0 cm³/mol. The molecule has 0 aliphatic heterocycles. The van der Waals surface area contributed by atoms with Crippen LogP contribution >= 0.6 is 0 Å². The van der Waals surface area contributed by atoms with Crippen LogP contribution in [0.5, 0.6) is 5.75 Å². The minimum atomic E-state index is -0.766. The third-order valence-electron chi connectivity index (χ3n) is 1.70. The third kappa shape index (κ3) is 2.09. The lowest BCUT2D eigenvalue weighted by Crippen LogP contribution is -1.94. The Morgan fingerprint density at radius 1 is 1.43 bits per heavy atom. The molecule has 0 aliphatic carbocycles. The van der Waals surface area contributed by atoms with E-state index in [0.29, 0.717) is 0 Å². The molecule has 0 aromatic heterocycles. The second kappa shape index (κ2) is 4.72. The van der Waals surface area contributed by atoms with Gasteiger partial charge in [0.15, 0.2) is 11.6 Å². The molecule has 4 heteroatoms. The van der Waals surface area contributed by atoms with Crippen LogP contribution < -0.4 is 4.74 Å². The Labute approximate surface area is 80.4 Å². The summed E-state index contributed by atoms with van der Waals surface area (Å²) in [5, 5.41) is 8.47. The van der Waals surface area contributed by atoms with E-state index in [9.17, 15) is 8.78 Å². The molecule has 0 spiro atoms. The van der Waals surface area contributed by atoms with Crippen molar-refractivity contribution < 1.29 is 18.6 Å². The summed E-state index contributed by atoms with van der Waals surface area (Å²) in [7, 11) is 1.30. The highest BCUT2D eigenvalue weighted by atomic mass is 19.1. The van der Waals surface area contributed by atoms with E-state index in [1.165, 1.54) is 25.3 Å². The van der Waals surface area contributed by atoms with Gasteiger partial charge in [0.2, 0.25) is 0 Å². The Bertz CT molecular complexity index is 348. The summed E-state index contributed by atoms with van der Waals surface area (Å²) < 4.78 is 31.1. The highest BCUT2D eigenvalue weighted by molar-refractivity contribution is 5.53. The third-order valence-corrected chi connectivity index (χ3v) is 1.70. The van der Waals surface area contributed by atoms with Gasteiger partial charge in [0.1, 0.15) is 5.82 Å². The molecular formula is C10H10F2O2. The Morgan fingerprint density at radius 2 is 2.14 bits per heavy atom. The summed E-state index contributed by atoms with van der Waals surface area (Å²) in [5.41, 5.74) is -0.210. The van der Waals surface area contributed by atoms with Gasteiger partial charge in [-0.2, -0.15) is 0 Å². The summed E-state index contributed by atoms with van der Waals surface area (Å²) in [6.45, 7) is -0.268. The molecular weight excluding hydrogens is 190 g/mol. The number of benzene rings is 1. The Balaban J connectivity index is 3.18. The SMILES string of the molecule is COc1ccc(F)c(C=CCO)c1F. The molecule has 0 radical (unpaired) electrons. The number of aliphatic hydroxyl groups excluding tert-OH is 1. The fourth-order valence-electron chi connectivity index (χ4n) is 1.03. The van der Waals surface area contributed by atoms with Crippen molar-refractivity contribution >= 4 is 6.08 Å². The lowest BCUT2D eigenvalue weighted by molar-refractivity contribution is 0.343. The van der Waals surface area contributed by atoms with E-state index in [1.54, 1.807) is 0 Å². The van der Waals surface area contributed by atoms with Crippen LogP contribution in [-0.2, 0) is 0 Å². The molecule has 0 aliphatic rings. The van der Waals surface area contributed by atoms with E-state index in [-0.39, 0.29) is 17.9 Å². The summed E-state index contributed by atoms with van der Waals surface area (Å²) in [6, 6.07) is 2.32. The fraction of sp³-hybridized carbons (Fsp3) is 0.200. The molecule has 0 saturated heterocycles. The molecule has 76 valence electrons. The van der Waals surface area contributed by atoms with Gasteiger partial charge in [-0.15, -0.1) is 0 Å². The van der Waals surface area contributed by atoms with Crippen LogP contribution in [0.1, 0.15) is 5.56 Å². The first-order valence-corrected chi connectivity index (χ1v) is 4.00. The molecule has 2 nitrogen and oxygen atoms in total. The fourth-order valence-corrected chi connectivity index (χ4v) is 1.03. The molecule has 1 aromatic carbocycles. The second-order valence-electron chi connectivity index (χ2n) is 2.56. The molecule has 0 amide bonds. The van der Waals surface area contributed by atoms with E-state index in [0.717, 1.165) is 6.07 Å². The summed E-state index contributed by atoms with van der Waals surface area (Å²) in [4.78, 5) is 0. The van der Waals surface area contributed by atoms with Crippen molar-refractivity contribution in [3.8, 4) is 5.75 Å². The maximum atomic E-state index is 13.4. The van der Waals surface area contributed by atoms with Gasteiger partial charge in [-0.05, 0) is 12.1 Å². The Morgan fingerprint density at radius 3 is 2.71 bits per heavy atom. The number of methoxy groups -OCH3 is 1. The minimum Gasteiger partial charge on any atom is -0.494 e. The lowest BCUT2D eigenvalue weighted by atomic mass is 10.1. The molecule has 1 N–H and O–H groups in total. The molecule has 0 fully saturated rings. The number of halogens is 2. The van der Waals surface area contributed by atoms with Gasteiger partial charge >= 0.3 is 0 Å². The topological polar surface area (TPSA) is 29.5 Å². The van der Waals surface area contributed by atoms with Gasteiger partial charge in [0, 0.05) is 5.56 Å². The standard InChI is InChI=1S/C10H10F2O2/c1-14-9-5-4-8(11)7(10(9)12)3-2-6-13/h2-5,13H,6H2,1H3. The van der Waals surface area contributed by atoms with E-state index in [1.807, 2.05) is 0 Å². The van der Waals surface area contributed by atoms with Gasteiger partial charge in [-0.3, -0.25) is 0 Å².